The van der Waals surface area contributed by atoms with Gasteiger partial charge in [-0.2, -0.15) is 5.10 Å². The maximum Gasteiger partial charge on any atom is 0.327 e. The van der Waals surface area contributed by atoms with Crippen LogP contribution in [-0.4, -0.2) is 56.6 Å². The second kappa shape index (κ2) is 7.03. The van der Waals surface area contributed by atoms with Crippen molar-refractivity contribution in [3.8, 4) is 0 Å². The molecule has 0 radical (unpaired) electrons. The van der Waals surface area contributed by atoms with Crippen LogP contribution in [-0.2, 0) is 16.1 Å². The summed E-state index contributed by atoms with van der Waals surface area (Å²) < 4.78 is 1.60. The summed E-state index contributed by atoms with van der Waals surface area (Å²) in [5.74, 6) is -0.319. The Morgan fingerprint density at radius 2 is 2.00 bits per heavy atom. The highest BCUT2D eigenvalue weighted by Gasteiger charge is 2.44. The highest BCUT2D eigenvalue weighted by Crippen LogP contribution is 2.30. The molecule has 0 unspecified atom stereocenters. The van der Waals surface area contributed by atoms with E-state index in [1.165, 1.54) is 4.90 Å². The predicted molar refractivity (Wildman–Crippen MR) is 98.2 cm³/mol. The van der Waals surface area contributed by atoms with Gasteiger partial charge in [-0.05, 0) is 24.5 Å². The van der Waals surface area contributed by atoms with Crippen molar-refractivity contribution < 1.29 is 14.4 Å². The maximum atomic E-state index is 12.4. The number of hydrogen-bond donors (Lipinski definition) is 1. The van der Waals surface area contributed by atoms with Crippen LogP contribution >= 0.6 is 11.6 Å². The minimum Gasteiger partial charge on any atom is -0.312 e. The summed E-state index contributed by atoms with van der Waals surface area (Å²) in [5.41, 5.74) is 0.864. The zero-order valence-corrected chi connectivity index (χ0v) is 15.2. The minimum absolute atomic E-state index is 0.0568. The molecule has 4 amide bonds. The Hall–Kier alpha value is -2.87. The van der Waals surface area contributed by atoms with Gasteiger partial charge in [-0.15, -0.1) is 0 Å². The quantitative estimate of drug-likeness (QED) is 0.767. The number of imide groups is 1. The van der Waals surface area contributed by atoms with Gasteiger partial charge in [0.05, 0.1) is 12.7 Å². The Labute approximate surface area is 160 Å². The Morgan fingerprint density at radius 3 is 2.74 bits per heavy atom. The average Bonchev–Trinajstić information content (AvgIpc) is 3.34. The lowest BCUT2D eigenvalue weighted by molar-refractivity contribution is -0.129. The third kappa shape index (κ3) is 3.66. The van der Waals surface area contributed by atoms with Gasteiger partial charge < -0.3 is 10.2 Å². The zero-order valence-electron chi connectivity index (χ0n) is 14.5. The average molecular weight is 388 g/mol. The van der Waals surface area contributed by atoms with Crippen molar-refractivity contribution in [2.75, 3.05) is 18.4 Å². The van der Waals surface area contributed by atoms with Crippen molar-refractivity contribution >= 4 is 35.3 Å². The summed E-state index contributed by atoms with van der Waals surface area (Å²) in [6.07, 6.45) is 3.40. The van der Waals surface area contributed by atoms with E-state index in [4.69, 9.17) is 11.6 Å². The predicted octanol–water partition coefficient (Wildman–Crippen LogP) is 1.95. The maximum absolute atomic E-state index is 12.4. The van der Waals surface area contributed by atoms with Crippen LogP contribution in [0.4, 0.5) is 10.6 Å². The monoisotopic (exact) mass is 387 g/mol. The molecule has 1 saturated carbocycles. The van der Waals surface area contributed by atoms with Crippen LogP contribution in [0.2, 0.25) is 5.02 Å². The lowest BCUT2D eigenvalue weighted by Gasteiger charge is -2.16. The molecule has 4 rings (SSSR count). The first kappa shape index (κ1) is 17.5. The number of nitrogens with one attached hydrogen (secondary N) is 1. The molecule has 9 heteroatoms. The van der Waals surface area contributed by atoms with E-state index in [0.717, 1.165) is 23.3 Å². The first-order valence-electron chi connectivity index (χ1n) is 8.69. The Balaban J connectivity index is 1.40. The van der Waals surface area contributed by atoms with E-state index < -0.39 is 5.91 Å². The molecule has 0 spiro atoms. The van der Waals surface area contributed by atoms with E-state index in [2.05, 4.69) is 10.4 Å². The van der Waals surface area contributed by atoms with Gasteiger partial charge in [0.2, 0.25) is 5.91 Å². The van der Waals surface area contributed by atoms with Crippen LogP contribution in [0.25, 0.3) is 0 Å². The highest BCUT2D eigenvalue weighted by atomic mass is 35.5. The molecular formula is C18H18ClN5O3. The summed E-state index contributed by atoms with van der Waals surface area (Å²) in [7, 11) is 0. The summed E-state index contributed by atoms with van der Waals surface area (Å²) in [5, 5.41) is 7.52. The van der Waals surface area contributed by atoms with Crippen molar-refractivity contribution in [2.45, 2.75) is 25.4 Å². The highest BCUT2D eigenvalue weighted by molar-refractivity contribution is 6.31. The summed E-state index contributed by atoms with van der Waals surface area (Å²) in [4.78, 5) is 39.3. The number of hydrogen-bond acceptors (Lipinski definition) is 4. The zero-order chi connectivity index (χ0) is 19.0. The van der Waals surface area contributed by atoms with Crippen LogP contribution in [0.1, 0.15) is 18.4 Å². The van der Waals surface area contributed by atoms with E-state index >= 15 is 0 Å². The summed E-state index contributed by atoms with van der Waals surface area (Å²) >= 11 is 6.17. The molecule has 2 aromatic rings. The number of aromatic nitrogens is 2. The van der Waals surface area contributed by atoms with Gasteiger partial charge in [-0.3, -0.25) is 14.5 Å². The van der Waals surface area contributed by atoms with Gasteiger partial charge in [0, 0.05) is 17.1 Å². The normalized spacial score (nSPS) is 16.9. The van der Waals surface area contributed by atoms with E-state index in [0.29, 0.717) is 17.4 Å². The van der Waals surface area contributed by atoms with E-state index in [-0.39, 0.29) is 31.1 Å². The first-order valence-corrected chi connectivity index (χ1v) is 9.07. The second-order valence-corrected chi connectivity index (χ2v) is 7.04. The fraction of sp³-hybridized carbons (Fsp3) is 0.333. The number of carbonyl (C=O) groups excluding carboxylic acids is 3. The lowest BCUT2D eigenvalue weighted by Crippen LogP contribution is -2.39. The lowest BCUT2D eigenvalue weighted by atomic mass is 10.2. The molecule has 8 nitrogen and oxygen atoms in total. The van der Waals surface area contributed by atoms with E-state index in [1.807, 2.05) is 18.2 Å². The van der Waals surface area contributed by atoms with Gasteiger partial charge in [-0.1, -0.05) is 29.8 Å². The Bertz CT molecular complexity index is 908. The van der Waals surface area contributed by atoms with Gasteiger partial charge in [-0.25, -0.2) is 9.48 Å². The molecule has 140 valence electrons. The van der Waals surface area contributed by atoms with Gasteiger partial charge in [0.15, 0.2) is 0 Å². The summed E-state index contributed by atoms with van der Waals surface area (Å²) in [6.45, 7) is 0.138. The molecule has 2 fully saturated rings. The number of benzene rings is 1. The van der Waals surface area contributed by atoms with Crippen molar-refractivity contribution in [1.82, 2.24) is 19.6 Å². The minimum atomic E-state index is -0.449. The SMILES string of the molecule is O=C(CN1C(=O)CN(C2CC2)C1=O)Nc1ccnn1Cc1ccccc1Cl. The first-order chi connectivity index (χ1) is 13.0. The fourth-order valence-electron chi connectivity index (χ4n) is 3.07. The van der Waals surface area contributed by atoms with E-state index in [9.17, 15) is 14.4 Å². The Kier molecular flexibility index (Phi) is 4.57. The molecule has 1 N–H and O–H groups in total. The number of anilines is 1. The third-order valence-corrected chi connectivity index (χ3v) is 5.00. The Morgan fingerprint density at radius 1 is 1.22 bits per heavy atom. The molecule has 27 heavy (non-hydrogen) atoms. The van der Waals surface area contributed by atoms with Gasteiger partial charge >= 0.3 is 6.03 Å². The molecule has 1 aromatic heterocycles. The van der Waals surface area contributed by atoms with Crippen LogP contribution in [0.3, 0.4) is 0 Å². The number of urea groups is 1. The van der Waals surface area contributed by atoms with Crippen LogP contribution in [0.15, 0.2) is 36.5 Å². The van der Waals surface area contributed by atoms with E-state index in [1.54, 1.807) is 23.0 Å². The van der Waals surface area contributed by atoms with Crippen LogP contribution in [0, 0.1) is 0 Å². The molecule has 2 heterocycles. The van der Waals surface area contributed by atoms with Crippen molar-refractivity contribution in [1.29, 1.82) is 0 Å². The van der Waals surface area contributed by atoms with Crippen LogP contribution < -0.4 is 5.32 Å². The summed E-state index contributed by atoms with van der Waals surface area (Å²) in [6, 6.07) is 8.79. The fourth-order valence-corrected chi connectivity index (χ4v) is 3.26. The third-order valence-electron chi connectivity index (χ3n) is 4.63. The molecular weight excluding hydrogens is 370 g/mol. The molecule has 1 aliphatic heterocycles. The topological polar surface area (TPSA) is 87.5 Å². The number of amides is 4. The van der Waals surface area contributed by atoms with Gasteiger partial charge in [0.25, 0.3) is 5.91 Å². The standard InChI is InChI=1S/C18H18ClN5O3/c19-14-4-2-1-3-12(14)9-24-15(7-8-20-24)21-16(25)10-23-17(26)11-22(18(23)27)13-5-6-13/h1-4,7-8,13H,5-6,9-11H2,(H,21,25). The number of halogens is 1. The largest absolute Gasteiger partial charge is 0.327 e. The number of nitrogens with zero attached hydrogens (tertiary/aromatic N) is 4. The van der Waals surface area contributed by atoms with Crippen molar-refractivity contribution in [2.24, 2.45) is 0 Å². The van der Waals surface area contributed by atoms with Crippen molar-refractivity contribution in [3.05, 3.63) is 47.1 Å². The molecule has 2 aliphatic rings. The van der Waals surface area contributed by atoms with Gasteiger partial charge in [0.1, 0.15) is 18.9 Å². The number of rotatable bonds is 6. The molecule has 1 saturated heterocycles. The smallest absolute Gasteiger partial charge is 0.312 e. The molecule has 0 atom stereocenters. The number of carbonyl (C=O) groups is 3. The molecule has 1 aliphatic carbocycles. The van der Waals surface area contributed by atoms with Crippen LogP contribution in [0.5, 0.6) is 0 Å². The molecule has 1 aromatic carbocycles. The molecule has 0 bridgehead atoms. The second-order valence-electron chi connectivity index (χ2n) is 6.64. The van der Waals surface area contributed by atoms with Crippen molar-refractivity contribution in [3.63, 3.8) is 0 Å².